The molecule has 0 aromatic rings. The first-order valence-electron chi connectivity index (χ1n) is 9.61. The first-order valence-corrected chi connectivity index (χ1v) is 9.61. The lowest BCUT2D eigenvalue weighted by Gasteiger charge is -2.29. The number of hydrogen-bond acceptors (Lipinski definition) is 3. The van der Waals surface area contributed by atoms with Gasteiger partial charge in [-0.15, -0.1) is 0 Å². The summed E-state index contributed by atoms with van der Waals surface area (Å²) in [4.78, 5) is 12.3. The van der Waals surface area contributed by atoms with Gasteiger partial charge in [-0.2, -0.15) is 0 Å². The van der Waals surface area contributed by atoms with E-state index in [-0.39, 0.29) is 18.0 Å². The molecule has 0 atom stereocenters. The SMILES string of the molecule is O=C(OC1CCCCC1)C1CCC(CCCCCCO)CC1. The van der Waals surface area contributed by atoms with Crippen molar-refractivity contribution in [1.29, 1.82) is 0 Å². The van der Waals surface area contributed by atoms with Gasteiger partial charge in [-0.25, -0.2) is 0 Å². The zero-order valence-corrected chi connectivity index (χ0v) is 14.1. The topological polar surface area (TPSA) is 46.5 Å². The average Bonchev–Trinajstić information content (AvgIpc) is 2.56. The van der Waals surface area contributed by atoms with Crippen LogP contribution in [0.5, 0.6) is 0 Å². The normalized spacial score (nSPS) is 26.8. The van der Waals surface area contributed by atoms with E-state index in [0.717, 1.165) is 44.4 Å². The van der Waals surface area contributed by atoms with E-state index >= 15 is 0 Å². The molecule has 2 aliphatic carbocycles. The molecule has 1 N–H and O–H groups in total. The van der Waals surface area contributed by atoms with Gasteiger partial charge in [0.05, 0.1) is 5.92 Å². The van der Waals surface area contributed by atoms with E-state index in [1.807, 2.05) is 0 Å². The summed E-state index contributed by atoms with van der Waals surface area (Å²) in [5, 5.41) is 8.77. The van der Waals surface area contributed by atoms with E-state index in [2.05, 4.69) is 0 Å². The molecule has 0 saturated heterocycles. The van der Waals surface area contributed by atoms with Crippen LogP contribution in [0.15, 0.2) is 0 Å². The maximum Gasteiger partial charge on any atom is 0.309 e. The van der Waals surface area contributed by atoms with Gasteiger partial charge in [0.15, 0.2) is 0 Å². The Labute approximate surface area is 135 Å². The average molecular weight is 310 g/mol. The Hall–Kier alpha value is -0.570. The molecule has 2 saturated carbocycles. The molecule has 0 amide bonds. The van der Waals surface area contributed by atoms with Gasteiger partial charge in [-0.3, -0.25) is 4.79 Å². The van der Waals surface area contributed by atoms with Crippen molar-refractivity contribution >= 4 is 5.97 Å². The van der Waals surface area contributed by atoms with E-state index in [1.54, 1.807) is 0 Å². The summed E-state index contributed by atoms with van der Waals surface area (Å²) in [5.74, 6) is 1.08. The van der Waals surface area contributed by atoms with Gasteiger partial charge in [0.25, 0.3) is 0 Å². The maximum absolute atomic E-state index is 12.3. The smallest absolute Gasteiger partial charge is 0.309 e. The number of aliphatic hydroxyl groups is 1. The molecule has 3 nitrogen and oxygen atoms in total. The largest absolute Gasteiger partial charge is 0.462 e. The molecule has 0 heterocycles. The van der Waals surface area contributed by atoms with Gasteiger partial charge >= 0.3 is 5.97 Å². The summed E-state index contributed by atoms with van der Waals surface area (Å²) in [6.45, 7) is 0.328. The van der Waals surface area contributed by atoms with E-state index in [9.17, 15) is 4.79 Å². The molecule has 2 rings (SSSR count). The maximum atomic E-state index is 12.3. The van der Waals surface area contributed by atoms with Crippen molar-refractivity contribution in [3.8, 4) is 0 Å². The van der Waals surface area contributed by atoms with Gasteiger partial charge in [0, 0.05) is 6.61 Å². The molecular weight excluding hydrogens is 276 g/mol. The van der Waals surface area contributed by atoms with Crippen LogP contribution in [-0.4, -0.2) is 23.8 Å². The first-order chi connectivity index (χ1) is 10.8. The van der Waals surface area contributed by atoms with Crippen LogP contribution in [-0.2, 0) is 9.53 Å². The number of carbonyl (C=O) groups excluding carboxylic acids is 1. The van der Waals surface area contributed by atoms with Gasteiger partial charge in [-0.1, -0.05) is 32.1 Å². The number of unbranched alkanes of at least 4 members (excludes halogenated alkanes) is 3. The van der Waals surface area contributed by atoms with Gasteiger partial charge in [0.2, 0.25) is 0 Å². The van der Waals surface area contributed by atoms with Crippen molar-refractivity contribution in [3.05, 3.63) is 0 Å². The Morgan fingerprint density at radius 2 is 1.55 bits per heavy atom. The van der Waals surface area contributed by atoms with E-state index in [1.165, 1.54) is 51.4 Å². The lowest BCUT2D eigenvalue weighted by Crippen LogP contribution is -2.28. The molecule has 0 aromatic heterocycles. The van der Waals surface area contributed by atoms with Crippen molar-refractivity contribution in [3.63, 3.8) is 0 Å². The highest BCUT2D eigenvalue weighted by atomic mass is 16.5. The van der Waals surface area contributed by atoms with E-state index < -0.39 is 0 Å². The van der Waals surface area contributed by atoms with Crippen LogP contribution >= 0.6 is 0 Å². The van der Waals surface area contributed by atoms with Crippen LogP contribution in [0.3, 0.4) is 0 Å². The minimum atomic E-state index is 0.0910. The number of rotatable bonds is 8. The number of hydrogen-bond donors (Lipinski definition) is 1. The summed E-state index contributed by atoms with van der Waals surface area (Å²) in [6, 6.07) is 0. The molecule has 0 radical (unpaired) electrons. The van der Waals surface area contributed by atoms with Crippen LogP contribution in [0, 0.1) is 11.8 Å². The number of esters is 1. The van der Waals surface area contributed by atoms with Gasteiger partial charge in [-0.05, 0) is 63.7 Å². The van der Waals surface area contributed by atoms with Crippen molar-refractivity contribution in [2.24, 2.45) is 11.8 Å². The fourth-order valence-corrected chi connectivity index (χ4v) is 4.03. The summed E-state index contributed by atoms with van der Waals surface area (Å²) >= 11 is 0. The van der Waals surface area contributed by atoms with Crippen LogP contribution in [0.1, 0.15) is 89.9 Å². The summed E-state index contributed by atoms with van der Waals surface area (Å²) in [6.07, 6.45) is 16.5. The fourth-order valence-electron chi connectivity index (χ4n) is 4.03. The Morgan fingerprint density at radius 3 is 2.23 bits per heavy atom. The molecule has 0 spiro atoms. The molecular formula is C19H34O3. The second-order valence-corrected chi connectivity index (χ2v) is 7.34. The highest BCUT2D eigenvalue weighted by Gasteiger charge is 2.29. The lowest BCUT2D eigenvalue weighted by molar-refractivity contribution is -0.157. The third kappa shape index (κ3) is 6.28. The second-order valence-electron chi connectivity index (χ2n) is 7.34. The third-order valence-electron chi connectivity index (χ3n) is 5.54. The lowest BCUT2D eigenvalue weighted by atomic mass is 9.79. The summed E-state index contributed by atoms with van der Waals surface area (Å²) in [5.41, 5.74) is 0. The first kappa shape index (κ1) is 17.8. The molecule has 0 aliphatic heterocycles. The van der Waals surface area contributed by atoms with E-state index in [0.29, 0.717) is 6.61 Å². The second kappa shape index (κ2) is 10.3. The fraction of sp³-hybridized carbons (Fsp3) is 0.947. The standard InChI is InChI=1S/C19H34O3/c20-15-7-2-1-4-8-16-11-13-17(14-12-16)19(21)22-18-9-5-3-6-10-18/h16-18,20H,1-15H2. The monoisotopic (exact) mass is 310 g/mol. The molecule has 0 aromatic carbocycles. The molecule has 3 heteroatoms. The predicted molar refractivity (Wildman–Crippen MR) is 88.6 cm³/mol. The van der Waals surface area contributed by atoms with Crippen LogP contribution in [0.25, 0.3) is 0 Å². The van der Waals surface area contributed by atoms with Crippen LogP contribution < -0.4 is 0 Å². The summed E-state index contributed by atoms with van der Waals surface area (Å²) < 4.78 is 5.73. The number of ether oxygens (including phenoxy) is 1. The van der Waals surface area contributed by atoms with Crippen molar-refractivity contribution < 1.29 is 14.6 Å². The van der Waals surface area contributed by atoms with Crippen LogP contribution in [0.2, 0.25) is 0 Å². The minimum absolute atomic E-state index is 0.0910. The van der Waals surface area contributed by atoms with Crippen molar-refractivity contribution in [2.45, 2.75) is 96.0 Å². The highest BCUT2D eigenvalue weighted by molar-refractivity contribution is 5.72. The molecule has 2 fully saturated rings. The quantitative estimate of drug-likeness (QED) is 0.526. The molecule has 128 valence electrons. The van der Waals surface area contributed by atoms with Gasteiger partial charge in [0.1, 0.15) is 6.10 Å². The number of carbonyl (C=O) groups is 1. The Morgan fingerprint density at radius 1 is 0.864 bits per heavy atom. The Kier molecular flexibility index (Phi) is 8.28. The zero-order valence-electron chi connectivity index (χ0n) is 14.1. The molecule has 0 unspecified atom stereocenters. The van der Waals surface area contributed by atoms with Crippen molar-refractivity contribution in [1.82, 2.24) is 0 Å². The summed E-state index contributed by atoms with van der Waals surface area (Å²) in [7, 11) is 0. The minimum Gasteiger partial charge on any atom is -0.462 e. The molecule has 22 heavy (non-hydrogen) atoms. The third-order valence-corrected chi connectivity index (χ3v) is 5.54. The molecule has 2 aliphatic rings. The van der Waals surface area contributed by atoms with Gasteiger partial charge < -0.3 is 9.84 Å². The van der Waals surface area contributed by atoms with Crippen LogP contribution in [0.4, 0.5) is 0 Å². The Balaban J connectivity index is 1.56. The number of aliphatic hydroxyl groups excluding tert-OH is 1. The van der Waals surface area contributed by atoms with E-state index in [4.69, 9.17) is 9.84 Å². The predicted octanol–water partition coefficient (Wildman–Crippen LogP) is 4.61. The van der Waals surface area contributed by atoms with Crippen molar-refractivity contribution in [2.75, 3.05) is 6.61 Å². The zero-order chi connectivity index (χ0) is 15.6. The highest BCUT2D eigenvalue weighted by Crippen LogP contribution is 2.33. The molecule has 0 bridgehead atoms. The Bertz CT molecular complexity index is 302.